The summed E-state index contributed by atoms with van der Waals surface area (Å²) in [5.41, 5.74) is 3.59. The molecular weight excluding hydrogens is 430 g/mol. The number of anilines is 1. The first kappa shape index (κ1) is 21.6. The topological polar surface area (TPSA) is 111 Å². The summed E-state index contributed by atoms with van der Waals surface area (Å²) in [4.78, 5) is 13.4. The van der Waals surface area contributed by atoms with Gasteiger partial charge in [0.25, 0.3) is 11.9 Å². The van der Waals surface area contributed by atoms with Crippen LogP contribution in [0.3, 0.4) is 0 Å². The van der Waals surface area contributed by atoms with E-state index in [0.717, 1.165) is 10.1 Å². The molecule has 0 spiro atoms. The highest BCUT2D eigenvalue weighted by molar-refractivity contribution is 7.21. The molecule has 0 saturated heterocycles. The number of carbonyl (C=O) groups excluding carboxylic acids is 1. The van der Waals surface area contributed by atoms with Crippen molar-refractivity contribution in [1.82, 2.24) is 20.6 Å². The van der Waals surface area contributed by atoms with Crippen LogP contribution in [0.15, 0.2) is 30.3 Å². The number of amides is 1. The number of tetrazole rings is 1. The van der Waals surface area contributed by atoms with Crippen LogP contribution in [0, 0.1) is 13.8 Å². The molecule has 166 valence electrons. The van der Waals surface area contributed by atoms with Gasteiger partial charge in [-0.2, -0.15) is 5.21 Å². The molecule has 4 rings (SSSR count). The average Bonchev–Trinajstić information content (AvgIpc) is 3.39. The lowest BCUT2D eigenvalue weighted by atomic mass is 10.1. The Balaban J connectivity index is 1.67. The Kier molecular flexibility index (Phi) is 6.22. The number of benzene rings is 2. The van der Waals surface area contributed by atoms with Crippen LogP contribution < -0.4 is 19.5 Å². The van der Waals surface area contributed by atoms with Crippen molar-refractivity contribution < 1.29 is 19.0 Å². The summed E-state index contributed by atoms with van der Waals surface area (Å²) < 4.78 is 17.9. The molecule has 0 fully saturated rings. The molecule has 4 aromatic rings. The molecule has 9 nitrogen and oxygen atoms in total. The molecule has 2 aromatic heterocycles. The van der Waals surface area contributed by atoms with Crippen LogP contribution in [0.1, 0.15) is 26.4 Å². The molecular formula is C22H23N5O4S. The number of carbonyl (C=O) groups is 1. The van der Waals surface area contributed by atoms with Crippen molar-refractivity contribution in [3.05, 3.63) is 51.9 Å². The van der Waals surface area contributed by atoms with E-state index < -0.39 is 0 Å². The van der Waals surface area contributed by atoms with Gasteiger partial charge in [-0.3, -0.25) is 10.1 Å². The smallest absolute Gasteiger partial charge is 0.272 e. The largest absolute Gasteiger partial charge is 0.493 e. The quantitative estimate of drug-likeness (QED) is 0.416. The summed E-state index contributed by atoms with van der Waals surface area (Å²) >= 11 is 1.29. The van der Waals surface area contributed by atoms with Crippen LogP contribution in [0.2, 0.25) is 0 Å². The maximum absolute atomic E-state index is 13.0. The predicted octanol–water partition coefficient (Wildman–Crippen LogP) is 3.92. The third kappa shape index (κ3) is 4.50. The number of nitrogens with zero attached hydrogens (tertiary/aromatic N) is 3. The molecule has 0 aliphatic heterocycles. The van der Waals surface area contributed by atoms with E-state index in [0.29, 0.717) is 35.2 Å². The monoisotopic (exact) mass is 453 g/mol. The SMILES string of the molecule is COc1cc2sc(C(=O)Nc3nn[nH]n3)c(OCCc3cc(C)cc(C)c3)c2cc1OC. The Bertz CT molecular complexity index is 1230. The van der Waals surface area contributed by atoms with E-state index in [4.69, 9.17) is 14.2 Å². The number of aromatic nitrogens is 4. The normalized spacial score (nSPS) is 10.9. The van der Waals surface area contributed by atoms with Gasteiger partial charge in [0, 0.05) is 22.6 Å². The van der Waals surface area contributed by atoms with Crippen LogP contribution in [0.4, 0.5) is 5.95 Å². The van der Waals surface area contributed by atoms with Gasteiger partial charge in [-0.05, 0) is 30.7 Å². The Labute approximate surface area is 188 Å². The van der Waals surface area contributed by atoms with Crippen molar-refractivity contribution in [1.29, 1.82) is 0 Å². The minimum atomic E-state index is -0.382. The number of ether oxygens (including phenoxy) is 3. The lowest BCUT2D eigenvalue weighted by Crippen LogP contribution is -2.13. The highest BCUT2D eigenvalue weighted by Crippen LogP contribution is 2.43. The summed E-state index contributed by atoms with van der Waals surface area (Å²) in [7, 11) is 3.14. The number of methoxy groups -OCH3 is 2. The maximum Gasteiger partial charge on any atom is 0.272 e. The van der Waals surface area contributed by atoms with Crippen LogP contribution in [-0.2, 0) is 6.42 Å². The zero-order valence-corrected chi connectivity index (χ0v) is 19.0. The van der Waals surface area contributed by atoms with Gasteiger partial charge in [0.2, 0.25) is 0 Å². The summed E-state index contributed by atoms with van der Waals surface area (Å²) in [5, 5.41) is 16.7. The van der Waals surface area contributed by atoms with E-state index in [1.807, 2.05) is 12.1 Å². The predicted molar refractivity (Wildman–Crippen MR) is 122 cm³/mol. The molecule has 0 unspecified atom stereocenters. The van der Waals surface area contributed by atoms with E-state index in [9.17, 15) is 4.79 Å². The number of nitrogens with one attached hydrogen (secondary N) is 2. The van der Waals surface area contributed by atoms with Gasteiger partial charge in [0.15, 0.2) is 17.2 Å². The molecule has 2 aromatic carbocycles. The lowest BCUT2D eigenvalue weighted by Gasteiger charge is -2.11. The van der Waals surface area contributed by atoms with Gasteiger partial charge in [-0.1, -0.05) is 34.4 Å². The van der Waals surface area contributed by atoms with Crippen LogP contribution in [0.25, 0.3) is 10.1 Å². The number of aromatic amines is 1. The van der Waals surface area contributed by atoms with Crippen LogP contribution in [-0.4, -0.2) is 47.4 Å². The second-order valence-electron chi connectivity index (χ2n) is 7.25. The number of thiophene rings is 1. The van der Waals surface area contributed by atoms with E-state index in [2.05, 4.69) is 58.0 Å². The van der Waals surface area contributed by atoms with Crippen molar-refractivity contribution in [3.8, 4) is 17.2 Å². The van der Waals surface area contributed by atoms with E-state index >= 15 is 0 Å². The van der Waals surface area contributed by atoms with E-state index in [1.165, 1.54) is 28.0 Å². The number of aryl methyl sites for hydroxylation is 2. The fourth-order valence-corrected chi connectivity index (χ4v) is 4.60. The molecule has 0 atom stereocenters. The first-order valence-corrected chi connectivity index (χ1v) is 10.7. The summed E-state index contributed by atoms with van der Waals surface area (Å²) in [5.74, 6) is 1.32. The van der Waals surface area contributed by atoms with Crippen molar-refractivity contribution in [2.24, 2.45) is 0 Å². The first-order chi connectivity index (χ1) is 15.5. The van der Waals surface area contributed by atoms with Gasteiger partial charge in [-0.15, -0.1) is 16.4 Å². The zero-order chi connectivity index (χ0) is 22.7. The number of rotatable bonds is 8. The molecule has 0 bridgehead atoms. The Morgan fingerprint density at radius 3 is 2.44 bits per heavy atom. The highest BCUT2D eigenvalue weighted by Gasteiger charge is 2.23. The number of hydrogen-bond acceptors (Lipinski definition) is 8. The van der Waals surface area contributed by atoms with E-state index in [1.54, 1.807) is 14.2 Å². The minimum Gasteiger partial charge on any atom is -0.493 e. The van der Waals surface area contributed by atoms with Gasteiger partial charge in [0.1, 0.15) is 4.88 Å². The zero-order valence-electron chi connectivity index (χ0n) is 18.2. The molecule has 0 saturated carbocycles. The van der Waals surface area contributed by atoms with Crippen molar-refractivity contribution >= 4 is 33.3 Å². The van der Waals surface area contributed by atoms with Crippen molar-refractivity contribution in [3.63, 3.8) is 0 Å². The lowest BCUT2D eigenvalue weighted by molar-refractivity contribution is 0.102. The highest BCUT2D eigenvalue weighted by atomic mass is 32.1. The van der Waals surface area contributed by atoms with Gasteiger partial charge < -0.3 is 14.2 Å². The second-order valence-corrected chi connectivity index (χ2v) is 8.30. The molecule has 32 heavy (non-hydrogen) atoms. The van der Waals surface area contributed by atoms with Gasteiger partial charge in [-0.25, -0.2) is 0 Å². The summed E-state index contributed by atoms with van der Waals surface area (Å²) in [6.07, 6.45) is 0.707. The number of hydrogen-bond donors (Lipinski definition) is 2. The average molecular weight is 454 g/mol. The molecule has 0 aliphatic rings. The second kappa shape index (κ2) is 9.23. The molecule has 1 amide bonds. The standard InChI is InChI=1S/C22H23N5O4S/c1-12-7-13(2)9-14(8-12)5-6-31-19-15-10-16(29-3)17(30-4)11-18(15)32-20(19)21(28)23-22-24-26-27-25-22/h7-11H,5-6H2,1-4H3,(H2,23,24,25,26,27,28). The van der Waals surface area contributed by atoms with E-state index in [-0.39, 0.29) is 11.9 Å². The molecule has 0 aliphatic carbocycles. The molecule has 0 radical (unpaired) electrons. The molecule has 2 heterocycles. The summed E-state index contributed by atoms with van der Waals surface area (Å²) in [6, 6.07) is 10.1. The first-order valence-electron chi connectivity index (χ1n) is 9.91. The maximum atomic E-state index is 13.0. The fourth-order valence-electron chi connectivity index (χ4n) is 3.55. The Morgan fingerprint density at radius 2 is 1.78 bits per heavy atom. The summed E-state index contributed by atoms with van der Waals surface area (Å²) in [6.45, 7) is 4.55. The number of H-pyrrole nitrogens is 1. The van der Waals surface area contributed by atoms with Crippen molar-refractivity contribution in [2.75, 3.05) is 26.1 Å². The fraction of sp³-hybridized carbons (Fsp3) is 0.273. The number of fused-ring (bicyclic) bond motifs is 1. The Hall–Kier alpha value is -3.66. The third-order valence-electron chi connectivity index (χ3n) is 4.84. The van der Waals surface area contributed by atoms with Crippen LogP contribution in [0.5, 0.6) is 17.2 Å². The minimum absolute atomic E-state index is 0.0869. The third-order valence-corrected chi connectivity index (χ3v) is 5.98. The van der Waals surface area contributed by atoms with Gasteiger partial charge in [0.05, 0.1) is 20.8 Å². The van der Waals surface area contributed by atoms with Crippen LogP contribution >= 0.6 is 11.3 Å². The molecule has 2 N–H and O–H groups in total. The molecule has 10 heteroatoms. The van der Waals surface area contributed by atoms with Crippen molar-refractivity contribution in [2.45, 2.75) is 20.3 Å². The van der Waals surface area contributed by atoms with Gasteiger partial charge >= 0.3 is 0 Å². The Morgan fingerprint density at radius 1 is 1.06 bits per heavy atom.